The summed E-state index contributed by atoms with van der Waals surface area (Å²) in [5.74, 6) is -0.875. The van der Waals surface area contributed by atoms with Gasteiger partial charge in [-0.3, -0.25) is 4.98 Å². The molecule has 1 heterocycles. The highest BCUT2D eigenvalue weighted by molar-refractivity contribution is 5.87. The van der Waals surface area contributed by atoms with E-state index in [1.807, 2.05) is 6.92 Å². The van der Waals surface area contributed by atoms with Gasteiger partial charge in [0.05, 0.1) is 5.56 Å². The minimum absolute atomic E-state index is 0.184. The standard InChI is InChI=1S/C8H8O2.C7H8N2O2/c1-6-2-4-7(5-3-6)8(9)10;8-7(10)11-5-6-2-1-3-9-4-6/h2-5H,1H3,(H,9,10);1-4H,5H2,(H2,8,10). The number of aromatic carboxylic acids is 1. The minimum atomic E-state index is -0.875. The molecule has 0 aliphatic rings. The van der Waals surface area contributed by atoms with Crippen molar-refractivity contribution >= 4 is 12.1 Å². The molecule has 0 spiro atoms. The average molecular weight is 288 g/mol. The van der Waals surface area contributed by atoms with Crippen LogP contribution in [0.2, 0.25) is 0 Å². The number of aryl methyl sites for hydroxylation is 1. The van der Waals surface area contributed by atoms with Crippen molar-refractivity contribution in [3.05, 3.63) is 65.5 Å². The van der Waals surface area contributed by atoms with Gasteiger partial charge in [-0.2, -0.15) is 0 Å². The van der Waals surface area contributed by atoms with E-state index in [9.17, 15) is 9.59 Å². The van der Waals surface area contributed by atoms with E-state index >= 15 is 0 Å². The van der Waals surface area contributed by atoms with Gasteiger partial charge in [-0.15, -0.1) is 0 Å². The summed E-state index contributed by atoms with van der Waals surface area (Å²) in [6, 6.07) is 10.3. The molecule has 0 aliphatic heterocycles. The summed E-state index contributed by atoms with van der Waals surface area (Å²) in [7, 11) is 0. The molecule has 0 saturated carbocycles. The van der Waals surface area contributed by atoms with Gasteiger partial charge in [-0.1, -0.05) is 23.8 Å². The summed E-state index contributed by atoms with van der Waals surface area (Å²) in [6.45, 7) is 2.11. The summed E-state index contributed by atoms with van der Waals surface area (Å²) in [6.07, 6.45) is 2.49. The first-order valence-corrected chi connectivity index (χ1v) is 6.10. The van der Waals surface area contributed by atoms with Gasteiger partial charge in [0, 0.05) is 18.0 Å². The van der Waals surface area contributed by atoms with Gasteiger partial charge in [0.25, 0.3) is 0 Å². The molecule has 0 unspecified atom stereocenters. The van der Waals surface area contributed by atoms with Crippen molar-refractivity contribution in [2.24, 2.45) is 5.73 Å². The first kappa shape index (κ1) is 16.2. The Morgan fingerprint density at radius 1 is 1.24 bits per heavy atom. The van der Waals surface area contributed by atoms with Crippen molar-refractivity contribution in [2.45, 2.75) is 13.5 Å². The SMILES string of the molecule is Cc1ccc(C(=O)O)cc1.NC(=O)OCc1cccnc1. The van der Waals surface area contributed by atoms with Crippen LogP contribution in [-0.2, 0) is 11.3 Å². The lowest BCUT2D eigenvalue weighted by molar-refractivity contribution is 0.0697. The predicted molar refractivity (Wildman–Crippen MR) is 76.7 cm³/mol. The second-order valence-corrected chi connectivity index (χ2v) is 4.14. The molecule has 0 radical (unpaired) electrons. The molecule has 0 bridgehead atoms. The molecule has 1 aromatic carbocycles. The molecule has 6 heteroatoms. The monoisotopic (exact) mass is 288 g/mol. The maximum Gasteiger partial charge on any atom is 0.404 e. The van der Waals surface area contributed by atoms with E-state index in [0.717, 1.165) is 11.1 Å². The molecule has 110 valence electrons. The fourth-order valence-corrected chi connectivity index (χ4v) is 1.33. The number of ether oxygens (including phenoxy) is 1. The van der Waals surface area contributed by atoms with E-state index in [4.69, 9.17) is 10.8 Å². The number of nitrogens with two attached hydrogens (primary N) is 1. The second kappa shape index (κ2) is 8.31. The maximum absolute atomic E-state index is 10.3. The zero-order chi connectivity index (χ0) is 15.7. The largest absolute Gasteiger partial charge is 0.478 e. The molecule has 2 aromatic rings. The number of carboxylic acids is 1. The topological polar surface area (TPSA) is 103 Å². The lowest BCUT2D eigenvalue weighted by atomic mass is 10.2. The Kier molecular flexibility index (Phi) is 6.40. The molecule has 0 saturated heterocycles. The number of carboxylic acid groups (broad SMARTS) is 1. The third-order valence-electron chi connectivity index (χ3n) is 2.40. The number of primary amides is 1. The average Bonchev–Trinajstić information content (AvgIpc) is 2.47. The Bertz CT molecular complexity index is 582. The van der Waals surface area contributed by atoms with E-state index < -0.39 is 12.1 Å². The first-order valence-electron chi connectivity index (χ1n) is 6.10. The number of rotatable bonds is 3. The summed E-state index contributed by atoms with van der Waals surface area (Å²) in [5.41, 5.74) is 7.00. The van der Waals surface area contributed by atoms with Crippen LogP contribution in [0.15, 0.2) is 48.8 Å². The highest BCUT2D eigenvalue weighted by atomic mass is 16.5. The van der Waals surface area contributed by atoms with Crippen molar-refractivity contribution < 1.29 is 19.4 Å². The molecule has 3 N–H and O–H groups in total. The van der Waals surface area contributed by atoms with E-state index in [-0.39, 0.29) is 6.61 Å². The number of carbonyl (C=O) groups excluding carboxylic acids is 1. The number of hydrogen-bond acceptors (Lipinski definition) is 4. The maximum atomic E-state index is 10.3. The Balaban J connectivity index is 0.000000211. The molecular weight excluding hydrogens is 272 g/mol. The number of pyridine rings is 1. The summed E-state index contributed by atoms with van der Waals surface area (Å²) in [4.78, 5) is 24.3. The van der Waals surface area contributed by atoms with E-state index in [1.165, 1.54) is 0 Å². The van der Waals surface area contributed by atoms with Crippen LogP contribution < -0.4 is 5.73 Å². The van der Waals surface area contributed by atoms with Crippen LogP contribution in [0.5, 0.6) is 0 Å². The number of hydrogen-bond donors (Lipinski definition) is 2. The van der Waals surface area contributed by atoms with Crippen molar-refractivity contribution in [1.82, 2.24) is 4.98 Å². The summed E-state index contributed by atoms with van der Waals surface area (Å²) >= 11 is 0. The van der Waals surface area contributed by atoms with Gasteiger partial charge >= 0.3 is 12.1 Å². The third kappa shape index (κ3) is 6.72. The molecule has 0 aliphatic carbocycles. The molecule has 21 heavy (non-hydrogen) atoms. The zero-order valence-corrected chi connectivity index (χ0v) is 11.5. The van der Waals surface area contributed by atoms with Crippen LogP contribution in [0.1, 0.15) is 21.5 Å². The van der Waals surface area contributed by atoms with Gasteiger partial charge in [0.2, 0.25) is 0 Å². The van der Waals surface area contributed by atoms with Crippen molar-refractivity contribution in [2.75, 3.05) is 0 Å². The molecular formula is C15H16N2O4. The van der Waals surface area contributed by atoms with Gasteiger partial charge < -0.3 is 15.6 Å². The fraction of sp³-hybridized carbons (Fsp3) is 0.133. The van der Waals surface area contributed by atoms with Gasteiger partial charge in [0.1, 0.15) is 6.61 Å². The summed E-state index contributed by atoms with van der Waals surface area (Å²) < 4.78 is 4.53. The fourth-order valence-electron chi connectivity index (χ4n) is 1.33. The summed E-state index contributed by atoms with van der Waals surface area (Å²) in [5, 5.41) is 8.48. The number of carbonyl (C=O) groups is 2. The Hall–Kier alpha value is -2.89. The van der Waals surface area contributed by atoms with E-state index in [0.29, 0.717) is 5.56 Å². The third-order valence-corrected chi connectivity index (χ3v) is 2.40. The number of aromatic nitrogens is 1. The van der Waals surface area contributed by atoms with Crippen LogP contribution in [0.25, 0.3) is 0 Å². The lowest BCUT2D eigenvalue weighted by Gasteiger charge is -1.98. The van der Waals surface area contributed by atoms with Crippen LogP contribution in [0, 0.1) is 6.92 Å². The molecule has 6 nitrogen and oxygen atoms in total. The van der Waals surface area contributed by atoms with Gasteiger partial charge in [-0.25, -0.2) is 9.59 Å². The van der Waals surface area contributed by atoms with E-state index in [1.54, 1.807) is 48.8 Å². The molecule has 0 atom stereocenters. The Labute approximate surface area is 122 Å². The molecule has 0 fully saturated rings. The highest BCUT2D eigenvalue weighted by Crippen LogP contribution is 2.01. The van der Waals surface area contributed by atoms with Crippen LogP contribution in [0.3, 0.4) is 0 Å². The highest BCUT2D eigenvalue weighted by Gasteiger charge is 1.98. The number of benzene rings is 1. The quantitative estimate of drug-likeness (QED) is 0.902. The number of amides is 1. The van der Waals surface area contributed by atoms with Crippen LogP contribution in [-0.4, -0.2) is 22.2 Å². The zero-order valence-electron chi connectivity index (χ0n) is 11.5. The van der Waals surface area contributed by atoms with Crippen LogP contribution >= 0.6 is 0 Å². The lowest BCUT2D eigenvalue weighted by Crippen LogP contribution is -2.12. The smallest absolute Gasteiger partial charge is 0.404 e. The van der Waals surface area contributed by atoms with Crippen molar-refractivity contribution in [1.29, 1.82) is 0 Å². The Morgan fingerprint density at radius 3 is 2.38 bits per heavy atom. The predicted octanol–water partition coefficient (Wildman–Crippen LogP) is 2.37. The van der Waals surface area contributed by atoms with E-state index in [2.05, 4.69) is 9.72 Å². The minimum Gasteiger partial charge on any atom is -0.478 e. The normalized spacial score (nSPS) is 9.19. The molecule has 1 amide bonds. The van der Waals surface area contributed by atoms with Crippen molar-refractivity contribution in [3.8, 4) is 0 Å². The second-order valence-electron chi connectivity index (χ2n) is 4.14. The van der Waals surface area contributed by atoms with Crippen molar-refractivity contribution in [3.63, 3.8) is 0 Å². The molecule has 1 aromatic heterocycles. The van der Waals surface area contributed by atoms with Crippen LogP contribution in [0.4, 0.5) is 4.79 Å². The first-order chi connectivity index (χ1) is 9.99. The molecule has 2 rings (SSSR count). The van der Waals surface area contributed by atoms with Gasteiger partial charge in [-0.05, 0) is 25.1 Å². The van der Waals surface area contributed by atoms with Gasteiger partial charge in [0.15, 0.2) is 0 Å². The Morgan fingerprint density at radius 2 is 1.90 bits per heavy atom. The number of nitrogens with zero attached hydrogens (tertiary/aromatic N) is 1.